The van der Waals surface area contributed by atoms with E-state index < -0.39 is 30.1 Å². The third kappa shape index (κ3) is 4.17. The second kappa shape index (κ2) is 5.53. The number of primary amides is 1. The summed E-state index contributed by atoms with van der Waals surface area (Å²) in [7, 11) is 0. The second-order valence-corrected chi connectivity index (χ2v) is 2.94. The number of carbonyl (C=O) groups excluding carboxylic acids is 1. The minimum atomic E-state index is -1.95. The van der Waals surface area contributed by atoms with Crippen LogP contribution in [0.2, 0.25) is 0 Å². The topological polar surface area (TPSA) is 147 Å². The van der Waals surface area contributed by atoms with Crippen molar-refractivity contribution in [3.05, 3.63) is 0 Å². The molecule has 0 saturated heterocycles. The van der Waals surface area contributed by atoms with Crippen LogP contribution in [0, 0.1) is 0 Å². The van der Waals surface area contributed by atoms with Gasteiger partial charge >= 0.3 is 5.97 Å². The summed E-state index contributed by atoms with van der Waals surface area (Å²) in [5.74, 6) is -2.16. The molecule has 0 saturated carbocycles. The van der Waals surface area contributed by atoms with Gasteiger partial charge in [-0.25, -0.2) is 4.79 Å². The summed E-state index contributed by atoms with van der Waals surface area (Å²) in [4.78, 5) is 20.6. The van der Waals surface area contributed by atoms with Crippen LogP contribution in [-0.2, 0) is 9.59 Å². The molecule has 0 bridgehead atoms. The van der Waals surface area contributed by atoms with Crippen LogP contribution in [0.4, 0.5) is 0 Å². The Labute approximate surface area is 80.3 Å². The molecule has 0 aromatic carbocycles. The molecule has 3 atom stereocenters. The Kier molecular flexibility index (Phi) is 5.06. The maximum Gasteiger partial charge on any atom is 0.335 e. The molecule has 1 amide bonds. The van der Waals surface area contributed by atoms with E-state index in [1.807, 2.05) is 0 Å². The van der Waals surface area contributed by atoms with Crippen LogP contribution in [0.15, 0.2) is 0 Å². The van der Waals surface area contributed by atoms with Crippen LogP contribution in [0.1, 0.15) is 12.8 Å². The van der Waals surface area contributed by atoms with Crippen molar-refractivity contribution in [1.82, 2.24) is 0 Å². The number of hydrogen-bond acceptors (Lipinski definition) is 5. The molecule has 0 aliphatic carbocycles. The van der Waals surface area contributed by atoms with Crippen LogP contribution in [0.25, 0.3) is 0 Å². The Bertz CT molecular complexity index is 220. The van der Waals surface area contributed by atoms with Gasteiger partial charge < -0.3 is 26.8 Å². The van der Waals surface area contributed by atoms with Crippen molar-refractivity contribution in [3.8, 4) is 0 Å². The first-order valence-corrected chi connectivity index (χ1v) is 3.99. The third-order valence-electron chi connectivity index (χ3n) is 1.74. The lowest BCUT2D eigenvalue weighted by molar-refractivity contribution is -0.153. The van der Waals surface area contributed by atoms with E-state index in [-0.39, 0.29) is 12.8 Å². The summed E-state index contributed by atoms with van der Waals surface area (Å²) in [5.41, 5.74) is 10.1. The summed E-state index contributed by atoms with van der Waals surface area (Å²) >= 11 is 0. The van der Waals surface area contributed by atoms with Crippen molar-refractivity contribution in [3.63, 3.8) is 0 Å². The molecule has 14 heavy (non-hydrogen) atoms. The highest BCUT2D eigenvalue weighted by Crippen LogP contribution is 2.04. The molecular formula is C7H14N2O5. The smallest absolute Gasteiger partial charge is 0.335 e. The van der Waals surface area contributed by atoms with Crippen LogP contribution in [-0.4, -0.2) is 45.4 Å². The number of carbonyl (C=O) groups is 2. The quantitative estimate of drug-likeness (QED) is 0.321. The largest absolute Gasteiger partial charge is 0.479 e. The van der Waals surface area contributed by atoms with E-state index in [1.54, 1.807) is 0 Å². The lowest BCUT2D eigenvalue weighted by Gasteiger charge is -2.20. The van der Waals surface area contributed by atoms with E-state index in [9.17, 15) is 9.59 Å². The van der Waals surface area contributed by atoms with Crippen molar-refractivity contribution >= 4 is 11.9 Å². The minimum absolute atomic E-state index is 0.0286. The van der Waals surface area contributed by atoms with Crippen LogP contribution in [0.5, 0.6) is 0 Å². The van der Waals surface area contributed by atoms with E-state index in [1.165, 1.54) is 0 Å². The molecule has 0 rings (SSSR count). The van der Waals surface area contributed by atoms with Gasteiger partial charge in [-0.05, 0) is 6.42 Å². The van der Waals surface area contributed by atoms with Crippen molar-refractivity contribution in [2.45, 2.75) is 31.1 Å². The number of aliphatic hydroxyl groups is 2. The maximum atomic E-state index is 10.3. The highest BCUT2D eigenvalue weighted by atomic mass is 16.4. The molecule has 0 aromatic rings. The number of rotatable bonds is 6. The number of amides is 1. The molecule has 0 unspecified atom stereocenters. The number of aliphatic carboxylic acids is 1. The summed E-state index contributed by atoms with van der Waals surface area (Å²) in [6, 6.07) is -0.992. The molecule has 0 spiro atoms. The normalized spacial score (nSPS) is 17.1. The first-order valence-electron chi connectivity index (χ1n) is 3.99. The van der Waals surface area contributed by atoms with Gasteiger partial charge in [0.25, 0.3) is 0 Å². The van der Waals surface area contributed by atoms with Gasteiger partial charge in [0.1, 0.15) is 6.10 Å². The van der Waals surface area contributed by atoms with Gasteiger partial charge in [0.05, 0.1) is 0 Å². The van der Waals surface area contributed by atoms with Crippen molar-refractivity contribution in [2.24, 2.45) is 11.5 Å². The SMILES string of the molecule is NC(=O)CC[C@H](N)[C@@H](O)[C@@H](O)C(=O)O. The average Bonchev–Trinajstić information content (AvgIpc) is 2.11. The first-order chi connectivity index (χ1) is 6.36. The number of hydrogen-bond donors (Lipinski definition) is 5. The molecule has 0 aromatic heterocycles. The highest BCUT2D eigenvalue weighted by molar-refractivity contribution is 5.74. The minimum Gasteiger partial charge on any atom is -0.479 e. The predicted octanol–water partition coefficient (Wildman–Crippen LogP) is -2.61. The Morgan fingerprint density at radius 2 is 1.79 bits per heavy atom. The van der Waals surface area contributed by atoms with Gasteiger partial charge in [-0.1, -0.05) is 0 Å². The molecule has 0 radical (unpaired) electrons. The molecule has 82 valence electrons. The third-order valence-corrected chi connectivity index (χ3v) is 1.74. The van der Waals surface area contributed by atoms with E-state index in [4.69, 9.17) is 26.8 Å². The Morgan fingerprint density at radius 3 is 2.14 bits per heavy atom. The first kappa shape index (κ1) is 12.8. The number of carboxylic acids is 1. The average molecular weight is 206 g/mol. The van der Waals surface area contributed by atoms with Gasteiger partial charge in [0, 0.05) is 12.5 Å². The number of aliphatic hydroxyl groups excluding tert-OH is 2. The molecule has 0 fully saturated rings. The molecule has 0 aliphatic rings. The molecule has 0 aliphatic heterocycles. The summed E-state index contributed by atoms with van der Waals surface area (Å²) < 4.78 is 0. The Balaban J connectivity index is 4.04. The van der Waals surface area contributed by atoms with E-state index >= 15 is 0 Å². The fourth-order valence-corrected chi connectivity index (χ4v) is 0.860. The summed E-state index contributed by atoms with van der Waals surface area (Å²) in [6.07, 6.45) is -3.59. The van der Waals surface area contributed by atoms with E-state index in [2.05, 4.69) is 0 Å². The number of nitrogens with two attached hydrogens (primary N) is 2. The lowest BCUT2D eigenvalue weighted by Crippen LogP contribution is -2.46. The number of carboxylic acid groups (broad SMARTS) is 1. The van der Waals surface area contributed by atoms with Gasteiger partial charge in [-0.2, -0.15) is 0 Å². The van der Waals surface area contributed by atoms with Crippen LogP contribution < -0.4 is 11.5 Å². The zero-order valence-corrected chi connectivity index (χ0v) is 7.46. The van der Waals surface area contributed by atoms with Crippen molar-refractivity contribution < 1.29 is 24.9 Å². The molecule has 7 N–H and O–H groups in total. The second-order valence-electron chi connectivity index (χ2n) is 2.94. The summed E-state index contributed by atoms with van der Waals surface area (Å²) in [6.45, 7) is 0. The Hall–Kier alpha value is -1.18. The summed E-state index contributed by atoms with van der Waals surface area (Å²) in [5, 5.41) is 26.4. The fraction of sp³-hybridized carbons (Fsp3) is 0.714. The Morgan fingerprint density at radius 1 is 1.29 bits per heavy atom. The lowest BCUT2D eigenvalue weighted by atomic mass is 10.0. The zero-order chi connectivity index (χ0) is 11.3. The van der Waals surface area contributed by atoms with Gasteiger partial charge in [0.15, 0.2) is 6.10 Å². The maximum absolute atomic E-state index is 10.3. The van der Waals surface area contributed by atoms with Gasteiger partial charge in [-0.15, -0.1) is 0 Å². The highest BCUT2D eigenvalue weighted by Gasteiger charge is 2.28. The molecular weight excluding hydrogens is 192 g/mol. The standard InChI is InChI=1S/C7H14N2O5/c8-3(1-2-4(9)10)5(11)6(12)7(13)14/h3,5-6,11-12H,1-2,8H2,(H2,9,10)(H,13,14)/t3-,5+,6+/m0/s1. The molecule has 7 heteroatoms. The van der Waals surface area contributed by atoms with Crippen molar-refractivity contribution in [1.29, 1.82) is 0 Å². The van der Waals surface area contributed by atoms with Gasteiger partial charge in [-0.3, -0.25) is 4.79 Å². The van der Waals surface area contributed by atoms with E-state index in [0.717, 1.165) is 0 Å². The van der Waals surface area contributed by atoms with E-state index in [0.29, 0.717) is 0 Å². The van der Waals surface area contributed by atoms with Crippen molar-refractivity contribution in [2.75, 3.05) is 0 Å². The fourth-order valence-electron chi connectivity index (χ4n) is 0.860. The zero-order valence-electron chi connectivity index (χ0n) is 7.46. The van der Waals surface area contributed by atoms with Crippen LogP contribution >= 0.6 is 0 Å². The monoisotopic (exact) mass is 206 g/mol. The molecule has 0 heterocycles. The molecule has 7 nitrogen and oxygen atoms in total. The van der Waals surface area contributed by atoms with Crippen LogP contribution in [0.3, 0.4) is 0 Å². The van der Waals surface area contributed by atoms with Gasteiger partial charge in [0.2, 0.25) is 5.91 Å². The predicted molar refractivity (Wildman–Crippen MR) is 46.1 cm³/mol.